The van der Waals surface area contributed by atoms with Gasteiger partial charge in [0.15, 0.2) is 5.13 Å². The molecule has 4 aromatic rings. The van der Waals surface area contributed by atoms with Crippen molar-refractivity contribution in [1.82, 2.24) is 20.0 Å². The number of nitrogens with zero attached hydrogens (tertiary/aromatic N) is 4. The number of aromatic nitrogens is 3. The highest BCUT2D eigenvalue weighted by molar-refractivity contribution is 7.15. The van der Waals surface area contributed by atoms with Gasteiger partial charge in [-0.2, -0.15) is 0 Å². The molecule has 0 saturated heterocycles. The van der Waals surface area contributed by atoms with Gasteiger partial charge in [-0.05, 0) is 32.2 Å². The van der Waals surface area contributed by atoms with Crippen LogP contribution in [0.4, 0.5) is 9.52 Å². The molecule has 0 saturated carbocycles. The average Bonchev–Trinajstić information content (AvgIpc) is 3.30. The molecular weight excluding hydrogens is 405 g/mol. The lowest BCUT2D eigenvalue weighted by atomic mass is 10.0. The normalized spacial score (nSPS) is 14.1. The molecule has 152 valence electrons. The fourth-order valence-corrected chi connectivity index (χ4v) is 4.71. The van der Waals surface area contributed by atoms with Crippen molar-refractivity contribution in [3.8, 4) is 11.3 Å². The molecule has 1 amide bonds. The number of pyridine rings is 1. The molecule has 5 rings (SSSR count). The van der Waals surface area contributed by atoms with Crippen LogP contribution in [0, 0.1) is 12.7 Å². The second-order valence-electron chi connectivity index (χ2n) is 7.31. The molecule has 0 bridgehead atoms. The number of aryl methyl sites for hydroxylation is 1. The van der Waals surface area contributed by atoms with Gasteiger partial charge in [-0.25, -0.2) is 14.4 Å². The number of hydrogen-bond donors (Lipinski definition) is 1. The fourth-order valence-electron chi connectivity index (χ4n) is 3.62. The third-order valence-corrected chi connectivity index (χ3v) is 6.15. The van der Waals surface area contributed by atoms with Gasteiger partial charge in [-0.3, -0.25) is 10.1 Å². The number of hydrogen-bond acceptors (Lipinski definition) is 7. The van der Waals surface area contributed by atoms with E-state index in [-0.39, 0.29) is 17.2 Å². The van der Waals surface area contributed by atoms with Crippen LogP contribution < -0.4 is 5.32 Å². The van der Waals surface area contributed by atoms with Gasteiger partial charge in [-0.15, -0.1) is 11.3 Å². The van der Waals surface area contributed by atoms with Crippen LogP contribution in [0.25, 0.3) is 22.4 Å². The predicted octanol–water partition coefficient (Wildman–Crippen LogP) is 4.03. The molecule has 1 N–H and O–H groups in total. The van der Waals surface area contributed by atoms with Crippen molar-refractivity contribution in [2.75, 3.05) is 18.9 Å². The second-order valence-corrected chi connectivity index (χ2v) is 8.40. The molecule has 3 aromatic heterocycles. The monoisotopic (exact) mass is 423 g/mol. The Labute approximate surface area is 175 Å². The fraction of sp³-hybridized carbons (Fsp3) is 0.238. The number of carbonyl (C=O) groups is 1. The van der Waals surface area contributed by atoms with E-state index in [4.69, 9.17) is 4.52 Å². The van der Waals surface area contributed by atoms with Crippen LogP contribution in [0.5, 0.6) is 0 Å². The molecule has 1 aliphatic heterocycles. The minimum absolute atomic E-state index is 0.193. The van der Waals surface area contributed by atoms with Gasteiger partial charge in [0.05, 0.1) is 28.0 Å². The van der Waals surface area contributed by atoms with Crippen molar-refractivity contribution in [3.05, 3.63) is 58.0 Å². The van der Waals surface area contributed by atoms with Crippen molar-refractivity contribution in [2.45, 2.75) is 19.9 Å². The molecule has 0 fully saturated rings. The second kappa shape index (κ2) is 7.26. The zero-order valence-electron chi connectivity index (χ0n) is 16.4. The zero-order valence-corrected chi connectivity index (χ0v) is 17.2. The molecule has 0 atom stereocenters. The first-order chi connectivity index (χ1) is 14.5. The lowest BCUT2D eigenvalue weighted by Crippen LogP contribution is -2.25. The van der Waals surface area contributed by atoms with Gasteiger partial charge in [0.2, 0.25) is 0 Å². The maximum absolute atomic E-state index is 14.3. The van der Waals surface area contributed by atoms with Gasteiger partial charge in [0, 0.05) is 30.0 Å². The SMILES string of the molecule is Cc1noc2nc(-c3ccccc3F)cc(C(=O)Nc3nc4c(s3)CN(C)CC4)c12. The average molecular weight is 423 g/mol. The van der Waals surface area contributed by atoms with Crippen LogP contribution in [0.3, 0.4) is 0 Å². The highest BCUT2D eigenvalue weighted by Gasteiger charge is 2.23. The third-order valence-electron chi connectivity index (χ3n) is 5.15. The Kier molecular flexibility index (Phi) is 4.56. The molecule has 9 heteroatoms. The highest BCUT2D eigenvalue weighted by Crippen LogP contribution is 2.31. The summed E-state index contributed by atoms with van der Waals surface area (Å²) in [6.45, 7) is 3.51. The van der Waals surface area contributed by atoms with E-state index in [0.29, 0.717) is 27.5 Å². The Morgan fingerprint density at radius 3 is 2.97 bits per heavy atom. The Bertz CT molecular complexity index is 1280. The summed E-state index contributed by atoms with van der Waals surface area (Å²) in [5.41, 5.74) is 2.68. The number of likely N-dealkylation sites (N-methyl/N-ethyl adjacent to an activating group) is 1. The maximum Gasteiger partial charge on any atom is 0.259 e. The summed E-state index contributed by atoms with van der Waals surface area (Å²) < 4.78 is 19.6. The van der Waals surface area contributed by atoms with Crippen molar-refractivity contribution < 1.29 is 13.7 Å². The van der Waals surface area contributed by atoms with Crippen LogP contribution in [0.1, 0.15) is 26.6 Å². The van der Waals surface area contributed by atoms with Gasteiger partial charge in [-0.1, -0.05) is 17.3 Å². The van der Waals surface area contributed by atoms with E-state index in [0.717, 1.165) is 30.1 Å². The van der Waals surface area contributed by atoms with E-state index >= 15 is 0 Å². The summed E-state index contributed by atoms with van der Waals surface area (Å²) in [5, 5.41) is 7.88. The summed E-state index contributed by atoms with van der Waals surface area (Å²) in [4.78, 5) is 25.5. The molecule has 1 aliphatic rings. The quantitative estimate of drug-likeness (QED) is 0.536. The lowest BCUT2D eigenvalue weighted by Gasteiger charge is -2.20. The molecule has 7 nitrogen and oxygen atoms in total. The largest absolute Gasteiger partial charge is 0.335 e. The number of benzene rings is 1. The van der Waals surface area contributed by atoms with Gasteiger partial charge in [0.25, 0.3) is 11.6 Å². The summed E-state index contributed by atoms with van der Waals surface area (Å²) in [5.74, 6) is -0.783. The van der Waals surface area contributed by atoms with E-state index in [9.17, 15) is 9.18 Å². The van der Waals surface area contributed by atoms with Crippen LogP contribution in [0.2, 0.25) is 0 Å². The highest BCUT2D eigenvalue weighted by atomic mass is 32.1. The zero-order chi connectivity index (χ0) is 20.8. The van der Waals surface area contributed by atoms with Gasteiger partial charge >= 0.3 is 0 Å². The van der Waals surface area contributed by atoms with E-state index in [2.05, 4.69) is 32.4 Å². The number of halogens is 1. The summed E-state index contributed by atoms with van der Waals surface area (Å²) in [7, 11) is 2.06. The summed E-state index contributed by atoms with van der Waals surface area (Å²) >= 11 is 1.48. The van der Waals surface area contributed by atoms with Crippen molar-refractivity contribution in [2.24, 2.45) is 0 Å². The predicted molar refractivity (Wildman–Crippen MR) is 112 cm³/mol. The number of rotatable bonds is 3. The molecule has 4 heterocycles. The first-order valence-electron chi connectivity index (χ1n) is 9.50. The molecule has 0 aliphatic carbocycles. The van der Waals surface area contributed by atoms with Gasteiger partial charge in [0.1, 0.15) is 5.82 Å². The van der Waals surface area contributed by atoms with Crippen LogP contribution >= 0.6 is 11.3 Å². The van der Waals surface area contributed by atoms with Crippen LogP contribution in [0.15, 0.2) is 34.9 Å². The van der Waals surface area contributed by atoms with Gasteiger partial charge < -0.3 is 9.42 Å². The summed E-state index contributed by atoms with van der Waals surface area (Å²) in [6, 6.07) is 7.85. The molecule has 0 unspecified atom stereocenters. The maximum atomic E-state index is 14.3. The van der Waals surface area contributed by atoms with E-state index in [1.807, 2.05) is 0 Å². The lowest BCUT2D eigenvalue weighted by molar-refractivity contribution is 0.102. The first kappa shape index (κ1) is 18.8. The number of anilines is 1. The van der Waals surface area contributed by atoms with Crippen LogP contribution in [-0.2, 0) is 13.0 Å². The molecule has 1 aromatic carbocycles. The number of amides is 1. The Balaban J connectivity index is 1.55. The topological polar surface area (TPSA) is 84.1 Å². The molecule has 0 spiro atoms. The number of thiazole rings is 1. The molecule has 30 heavy (non-hydrogen) atoms. The van der Waals surface area contributed by atoms with E-state index in [1.165, 1.54) is 17.4 Å². The molecule has 0 radical (unpaired) electrons. The van der Waals surface area contributed by atoms with E-state index < -0.39 is 5.82 Å². The Hall–Kier alpha value is -3.17. The third kappa shape index (κ3) is 3.25. The van der Waals surface area contributed by atoms with Crippen molar-refractivity contribution in [3.63, 3.8) is 0 Å². The van der Waals surface area contributed by atoms with E-state index in [1.54, 1.807) is 31.2 Å². The minimum atomic E-state index is -0.427. The van der Waals surface area contributed by atoms with Crippen molar-refractivity contribution in [1.29, 1.82) is 0 Å². The summed E-state index contributed by atoms with van der Waals surface area (Å²) in [6.07, 6.45) is 0.861. The molecular formula is C21H18FN5O2S. The number of fused-ring (bicyclic) bond motifs is 2. The standard InChI is InChI=1S/C21H18FN5O2S/c1-11-18-13(19(28)25-21-24-15-7-8-27(2)10-17(15)30-21)9-16(23-20(18)29-26-11)12-5-3-4-6-14(12)22/h3-6,9H,7-8,10H2,1-2H3,(H,24,25,28). The Morgan fingerprint density at radius 1 is 1.30 bits per heavy atom. The number of carbonyl (C=O) groups excluding carboxylic acids is 1. The smallest absolute Gasteiger partial charge is 0.259 e. The Morgan fingerprint density at radius 2 is 2.13 bits per heavy atom. The number of nitrogens with one attached hydrogen (secondary N) is 1. The first-order valence-corrected chi connectivity index (χ1v) is 10.3. The van der Waals surface area contributed by atoms with Crippen LogP contribution in [-0.4, -0.2) is 39.5 Å². The minimum Gasteiger partial charge on any atom is -0.335 e. The van der Waals surface area contributed by atoms with Crippen molar-refractivity contribution >= 4 is 33.5 Å².